The van der Waals surface area contributed by atoms with E-state index < -0.39 is 5.56 Å². The van der Waals surface area contributed by atoms with Gasteiger partial charge in [-0.3, -0.25) is 9.59 Å². The second-order valence-corrected chi connectivity index (χ2v) is 11.7. The molecule has 0 saturated carbocycles. The van der Waals surface area contributed by atoms with E-state index in [9.17, 15) is 28.4 Å². The minimum Gasteiger partial charge on any atom is -0.462 e. The maximum Gasteiger partial charge on any atom is 0.340 e. The Morgan fingerprint density at radius 3 is 2.18 bits per heavy atom. The lowest BCUT2D eigenvalue weighted by molar-refractivity contribution is -0.132. The first kappa shape index (κ1) is 35.6. The Kier molecular flexibility index (Phi) is 11.8. The Bertz CT molecular complexity index is 2080. The zero-order chi connectivity index (χ0) is 35.6. The predicted molar refractivity (Wildman–Crippen MR) is 189 cm³/mol. The van der Waals surface area contributed by atoms with E-state index >= 15 is 0 Å². The van der Waals surface area contributed by atoms with Crippen LogP contribution in [-0.4, -0.2) is 53.0 Å². The van der Waals surface area contributed by atoms with Crippen molar-refractivity contribution in [3.05, 3.63) is 141 Å². The number of anilines is 2. The molecule has 1 aromatic heterocycles. The first-order valence-corrected chi connectivity index (χ1v) is 16.4. The van der Waals surface area contributed by atoms with E-state index in [2.05, 4.69) is 10.6 Å². The number of ether oxygens (including phenoxy) is 1. The Morgan fingerprint density at radius 1 is 0.920 bits per heavy atom. The van der Waals surface area contributed by atoms with Crippen molar-refractivity contribution >= 4 is 45.8 Å². The van der Waals surface area contributed by atoms with E-state index in [0.717, 1.165) is 16.5 Å². The molecular formula is C38H34ClF2N5O4. The van der Waals surface area contributed by atoms with Crippen LogP contribution < -0.4 is 16.2 Å². The molecule has 0 radical (unpaired) electrons. The summed E-state index contributed by atoms with van der Waals surface area (Å²) >= 11 is 5.59. The van der Waals surface area contributed by atoms with Gasteiger partial charge in [-0.05, 0) is 60.5 Å². The number of carbonyl (C=O) groups excluding carboxylic acids is 2. The maximum atomic E-state index is 13.2. The van der Waals surface area contributed by atoms with Crippen molar-refractivity contribution in [1.82, 2.24) is 9.47 Å². The lowest BCUT2D eigenvalue weighted by Crippen LogP contribution is -2.57. The summed E-state index contributed by atoms with van der Waals surface area (Å²) in [6.07, 6.45) is 0. The van der Waals surface area contributed by atoms with E-state index in [4.69, 9.17) is 16.3 Å². The van der Waals surface area contributed by atoms with Crippen LogP contribution in [0.1, 0.15) is 34.0 Å². The minimum atomic E-state index is -0.420. The third kappa shape index (κ3) is 8.46. The number of nitrogens with one attached hydrogen (secondary N) is 2. The second kappa shape index (κ2) is 16.6. The molecule has 1 aliphatic rings. The minimum absolute atomic E-state index is 0.0120. The molecule has 1 fully saturated rings. The molecule has 1 saturated heterocycles. The molecule has 0 unspecified atom stereocenters. The van der Waals surface area contributed by atoms with Crippen molar-refractivity contribution < 1.29 is 23.1 Å². The zero-order valence-corrected chi connectivity index (χ0v) is 27.9. The van der Waals surface area contributed by atoms with Crippen molar-refractivity contribution in [3.63, 3.8) is 0 Å². The molecule has 1 amide bonds. The van der Waals surface area contributed by atoms with Crippen molar-refractivity contribution in [2.24, 2.45) is 0 Å². The number of halogens is 3. The fourth-order valence-electron chi connectivity index (χ4n) is 5.48. The molecule has 256 valence electrons. The summed E-state index contributed by atoms with van der Waals surface area (Å²) in [5, 5.41) is 16.9. The molecule has 9 nitrogen and oxygen atoms in total. The molecule has 50 heavy (non-hydrogen) atoms. The standard InChI is InChI=1S/C22H18ClFN4O2.C16H16FNO2/c23-9-20(29)27-12-16(13-27)26-21-17-3-1-2-4-19(17)28(22(30)18(21)10-25)11-14-5-7-15(24)8-6-14;1-2-20-16(19)14-5-3-4-6-15(14)18-11-12-7-9-13(17)10-8-12/h1-8,16,26H,9,11-13H2;3-10,18H,2,11H2,1H3. The average Bonchev–Trinajstić information content (AvgIpc) is 3.12. The van der Waals surface area contributed by atoms with Gasteiger partial charge in [-0.2, -0.15) is 5.26 Å². The number of amides is 1. The van der Waals surface area contributed by atoms with Crippen LogP contribution in [0.5, 0.6) is 0 Å². The average molecular weight is 698 g/mol. The number of hydrogen-bond donors (Lipinski definition) is 2. The second-order valence-electron chi connectivity index (χ2n) is 11.4. The first-order valence-electron chi connectivity index (χ1n) is 15.9. The van der Waals surface area contributed by atoms with E-state index in [-0.39, 0.29) is 47.5 Å². The topological polar surface area (TPSA) is 116 Å². The first-order chi connectivity index (χ1) is 24.2. The lowest BCUT2D eigenvalue weighted by Gasteiger charge is -2.40. The number of alkyl halides is 1. The predicted octanol–water partition coefficient (Wildman–Crippen LogP) is 6.54. The van der Waals surface area contributed by atoms with E-state index in [1.807, 2.05) is 42.5 Å². The molecule has 1 aliphatic heterocycles. The van der Waals surface area contributed by atoms with Crippen molar-refractivity contribution in [2.45, 2.75) is 26.1 Å². The normalized spacial score (nSPS) is 12.3. The number of hydrogen-bond acceptors (Lipinski definition) is 7. The van der Waals surface area contributed by atoms with Crippen LogP contribution in [0.3, 0.4) is 0 Å². The number of nitrogens with zero attached hydrogens (tertiary/aromatic N) is 3. The van der Waals surface area contributed by atoms with Gasteiger partial charge < -0.3 is 24.8 Å². The molecule has 0 bridgehead atoms. The van der Waals surface area contributed by atoms with Crippen LogP contribution in [0.25, 0.3) is 10.9 Å². The number of nitriles is 1. The number of likely N-dealkylation sites (tertiary alicyclic amines) is 1. The van der Waals surface area contributed by atoms with Gasteiger partial charge in [0, 0.05) is 30.7 Å². The smallest absolute Gasteiger partial charge is 0.340 e. The summed E-state index contributed by atoms with van der Waals surface area (Å²) in [6.45, 7) is 3.76. The molecule has 4 aromatic carbocycles. The van der Waals surface area contributed by atoms with Gasteiger partial charge in [0.05, 0.1) is 36.0 Å². The van der Waals surface area contributed by atoms with Gasteiger partial charge in [0.25, 0.3) is 5.56 Å². The highest BCUT2D eigenvalue weighted by molar-refractivity contribution is 6.27. The van der Waals surface area contributed by atoms with Crippen LogP contribution in [0, 0.1) is 23.0 Å². The molecule has 0 atom stereocenters. The quantitative estimate of drug-likeness (QED) is 0.126. The largest absolute Gasteiger partial charge is 0.462 e. The van der Waals surface area contributed by atoms with Crippen molar-refractivity contribution in [3.8, 4) is 6.07 Å². The van der Waals surface area contributed by atoms with Gasteiger partial charge in [0.1, 0.15) is 29.1 Å². The summed E-state index contributed by atoms with van der Waals surface area (Å²) < 4.78 is 32.6. The Balaban J connectivity index is 0.000000211. The van der Waals surface area contributed by atoms with Crippen LogP contribution in [0.15, 0.2) is 102 Å². The molecular weight excluding hydrogens is 664 g/mol. The number of para-hydroxylation sites is 2. The summed E-state index contributed by atoms with van der Waals surface area (Å²) in [5.41, 5.74) is 3.62. The maximum absolute atomic E-state index is 13.2. The molecule has 2 N–H and O–H groups in total. The Labute approximate surface area is 292 Å². The van der Waals surface area contributed by atoms with E-state index in [1.54, 1.807) is 48.2 Å². The number of aromatic nitrogens is 1. The molecule has 6 rings (SSSR count). The molecule has 12 heteroatoms. The van der Waals surface area contributed by atoms with Crippen molar-refractivity contribution in [1.29, 1.82) is 5.26 Å². The highest BCUT2D eigenvalue weighted by Gasteiger charge is 2.31. The summed E-state index contributed by atoms with van der Waals surface area (Å²) in [4.78, 5) is 38.2. The Morgan fingerprint density at radius 2 is 1.54 bits per heavy atom. The molecule has 2 heterocycles. The van der Waals surface area contributed by atoms with Crippen LogP contribution in [0.2, 0.25) is 0 Å². The number of benzene rings is 4. The molecule has 5 aromatic rings. The summed E-state index contributed by atoms with van der Waals surface area (Å²) in [7, 11) is 0. The van der Waals surface area contributed by atoms with Crippen LogP contribution in [-0.2, 0) is 22.6 Å². The van der Waals surface area contributed by atoms with Gasteiger partial charge in [-0.15, -0.1) is 11.6 Å². The van der Waals surface area contributed by atoms with Crippen LogP contribution >= 0.6 is 11.6 Å². The monoisotopic (exact) mass is 697 g/mol. The highest BCUT2D eigenvalue weighted by Crippen LogP contribution is 2.28. The van der Waals surface area contributed by atoms with Gasteiger partial charge >= 0.3 is 5.97 Å². The van der Waals surface area contributed by atoms with Gasteiger partial charge in [-0.1, -0.05) is 54.6 Å². The van der Waals surface area contributed by atoms with Gasteiger partial charge in [-0.25, -0.2) is 13.6 Å². The fraction of sp³-hybridized carbons (Fsp3) is 0.211. The number of rotatable bonds is 10. The molecule has 0 spiro atoms. The lowest BCUT2D eigenvalue weighted by atomic mass is 10.0. The SMILES string of the molecule is CCOC(=O)c1ccccc1NCc1ccc(F)cc1.N#Cc1c(NC2CN(C(=O)CCl)C2)c2ccccc2n(Cc2ccc(F)cc2)c1=O. The van der Waals surface area contributed by atoms with Gasteiger partial charge in [0.2, 0.25) is 5.91 Å². The van der Waals surface area contributed by atoms with E-state index in [1.165, 1.54) is 28.8 Å². The number of pyridine rings is 1. The van der Waals surface area contributed by atoms with Gasteiger partial charge in [0.15, 0.2) is 0 Å². The number of esters is 1. The number of carbonyl (C=O) groups is 2. The third-order valence-corrected chi connectivity index (χ3v) is 8.28. The van der Waals surface area contributed by atoms with Crippen LogP contribution in [0.4, 0.5) is 20.2 Å². The molecule has 0 aliphatic carbocycles. The summed E-state index contributed by atoms with van der Waals surface area (Å²) in [6, 6.07) is 28.6. The number of fused-ring (bicyclic) bond motifs is 1. The third-order valence-electron chi connectivity index (χ3n) is 8.05. The highest BCUT2D eigenvalue weighted by atomic mass is 35.5. The zero-order valence-electron chi connectivity index (χ0n) is 27.2. The fourth-order valence-corrected chi connectivity index (χ4v) is 5.64. The van der Waals surface area contributed by atoms with E-state index in [0.29, 0.717) is 48.7 Å². The van der Waals surface area contributed by atoms with Crippen molar-refractivity contribution in [2.75, 3.05) is 36.2 Å². The Hall–Kier alpha value is -5.73. The summed E-state index contributed by atoms with van der Waals surface area (Å²) in [5.74, 6) is -1.18.